The molecule has 2 rings (SSSR count). The molecule has 0 aliphatic rings. The van der Waals surface area contributed by atoms with Gasteiger partial charge in [-0.05, 0) is 5.10 Å². The van der Waals surface area contributed by atoms with E-state index in [0.29, 0.717) is 17.4 Å². The molecule has 20 heavy (non-hydrogen) atoms. The highest BCUT2D eigenvalue weighted by molar-refractivity contribution is 7.85. The summed E-state index contributed by atoms with van der Waals surface area (Å²) in [6.07, 6.45) is 6.48. The van der Waals surface area contributed by atoms with Gasteiger partial charge in [-0.1, -0.05) is 16.3 Å². The molecule has 2 aromatic rings. The first-order valence-electron chi connectivity index (χ1n) is 5.71. The van der Waals surface area contributed by atoms with Gasteiger partial charge in [-0.3, -0.25) is 4.98 Å². The molecule has 0 fully saturated rings. The number of hydrogen-bond acceptors (Lipinski definition) is 6. The average molecular weight is 315 g/mol. The van der Waals surface area contributed by atoms with Crippen LogP contribution in [0.15, 0.2) is 30.9 Å². The maximum absolute atomic E-state index is 10.5. The molecule has 0 atom stereocenters. The molecular formula is C11H11ClN4O3S. The smallest absolute Gasteiger partial charge is 0.196 e. The van der Waals surface area contributed by atoms with E-state index in [4.69, 9.17) is 11.6 Å². The second-order valence-corrected chi connectivity index (χ2v) is 5.93. The van der Waals surface area contributed by atoms with Gasteiger partial charge in [0.1, 0.15) is 11.3 Å². The molecule has 7 nitrogen and oxygen atoms in total. The highest BCUT2D eigenvalue weighted by Gasteiger charge is 2.07. The van der Waals surface area contributed by atoms with Crippen LogP contribution in [-0.4, -0.2) is 33.8 Å². The molecule has 0 saturated carbocycles. The molecule has 9 heteroatoms. The van der Waals surface area contributed by atoms with Gasteiger partial charge in [0.15, 0.2) is 12.7 Å². The molecule has 0 bridgehead atoms. The molecular weight excluding hydrogens is 304 g/mol. The van der Waals surface area contributed by atoms with Gasteiger partial charge in [0, 0.05) is 23.8 Å². The first-order valence-corrected chi connectivity index (χ1v) is 7.67. The van der Waals surface area contributed by atoms with Gasteiger partial charge in [0.2, 0.25) is 0 Å². The lowest BCUT2D eigenvalue weighted by atomic mass is 10.2. The van der Waals surface area contributed by atoms with Crippen LogP contribution >= 0.6 is 11.6 Å². The van der Waals surface area contributed by atoms with Gasteiger partial charge in [-0.25, -0.2) is 13.4 Å². The minimum absolute atomic E-state index is 0.222. The Morgan fingerprint density at radius 1 is 1.30 bits per heavy atom. The number of rotatable bonds is 5. The van der Waals surface area contributed by atoms with Crippen molar-refractivity contribution in [3.8, 4) is 11.3 Å². The fourth-order valence-corrected chi connectivity index (χ4v) is 2.18. The molecule has 106 valence electrons. The van der Waals surface area contributed by atoms with E-state index in [9.17, 15) is 13.0 Å². The summed E-state index contributed by atoms with van der Waals surface area (Å²) in [6, 6.07) is 1.76. The van der Waals surface area contributed by atoms with Gasteiger partial charge in [-0.2, -0.15) is 0 Å². The minimum Gasteiger partial charge on any atom is -0.748 e. The summed E-state index contributed by atoms with van der Waals surface area (Å²) in [7, 11) is -4.17. The third-order valence-corrected chi connectivity index (χ3v) is 3.42. The van der Waals surface area contributed by atoms with Crippen LogP contribution in [0.25, 0.3) is 11.3 Å². The zero-order valence-corrected chi connectivity index (χ0v) is 11.9. The van der Waals surface area contributed by atoms with Crippen molar-refractivity contribution in [3.05, 3.63) is 36.0 Å². The second-order valence-electron chi connectivity index (χ2n) is 4.02. The molecule has 0 N–H and O–H groups in total. The van der Waals surface area contributed by atoms with Crippen molar-refractivity contribution in [2.45, 2.75) is 13.0 Å². The number of hydrogen-bond donors (Lipinski definition) is 0. The predicted octanol–water partition coefficient (Wildman–Crippen LogP) is 0.415. The molecule has 0 spiro atoms. The Kier molecular flexibility index (Phi) is 4.58. The second kappa shape index (κ2) is 6.21. The molecule has 2 heterocycles. The fraction of sp³-hybridized carbons (Fsp3) is 0.273. The fourth-order valence-electron chi connectivity index (χ4n) is 1.55. The third kappa shape index (κ3) is 4.48. The summed E-state index contributed by atoms with van der Waals surface area (Å²) in [5.74, 6) is -0.400. The molecule has 0 aliphatic heterocycles. The van der Waals surface area contributed by atoms with Crippen LogP contribution in [0.4, 0.5) is 0 Å². The van der Waals surface area contributed by atoms with Crippen LogP contribution in [-0.2, 0) is 16.7 Å². The van der Waals surface area contributed by atoms with Crippen LogP contribution in [0.1, 0.15) is 6.42 Å². The molecule has 0 amide bonds. The minimum atomic E-state index is -4.17. The monoisotopic (exact) mass is 314 g/mol. The quantitative estimate of drug-likeness (QED) is 0.585. The van der Waals surface area contributed by atoms with Gasteiger partial charge < -0.3 is 4.55 Å². The molecule has 0 aliphatic carbocycles. The summed E-state index contributed by atoms with van der Waals surface area (Å²) in [6.45, 7) is 0.350. The van der Waals surface area contributed by atoms with Crippen LogP contribution in [0, 0.1) is 0 Å². The Morgan fingerprint density at radius 2 is 2.10 bits per heavy atom. The zero-order chi connectivity index (χ0) is 14.6. The SMILES string of the molecule is O=S(=O)([O-])CCC[n+]1ccc(-c2cncc(Cl)n2)cn1. The maximum Gasteiger partial charge on any atom is 0.196 e. The summed E-state index contributed by atoms with van der Waals surface area (Å²) in [4.78, 5) is 8.03. The number of aromatic nitrogens is 4. The lowest BCUT2D eigenvalue weighted by Gasteiger charge is -2.03. The van der Waals surface area contributed by atoms with Gasteiger partial charge >= 0.3 is 0 Å². The van der Waals surface area contributed by atoms with E-state index in [1.54, 1.807) is 29.3 Å². The normalized spacial score (nSPS) is 11.5. The van der Waals surface area contributed by atoms with Crippen molar-refractivity contribution < 1.29 is 17.7 Å². The summed E-state index contributed by atoms with van der Waals surface area (Å²) >= 11 is 5.75. The molecule has 0 aromatic carbocycles. The van der Waals surface area contributed by atoms with Gasteiger partial charge in [0.05, 0.1) is 28.2 Å². The van der Waals surface area contributed by atoms with Gasteiger partial charge in [0.25, 0.3) is 0 Å². The van der Waals surface area contributed by atoms with Gasteiger partial charge in [-0.15, -0.1) is 0 Å². The highest BCUT2D eigenvalue weighted by Crippen LogP contribution is 2.14. The zero-order valence-electron chi connectivity index (χ0n) is 10.3. The lowest BCUT2D eigenvalue weighted by molar-refractivity contribution is -0.753. The lowest BCUT2D eigenvalue weighted by Crippen LogP contribution is -2.38. The van der Waals surface area contributed by atoms with E-state index in [1.165, 1.54) is 6.20 Å². The molecule has 0 unspecified atom stereocenters. The van der Waals surface area contributed by atoms with E-state index in [-0.39, 0.29) is 6.42 Å². The number of aryl methyl sites for hydroxylation is 1. The first-order chi connectivity index (χ1) is 9.44. The standard InChI is InChI=1S/C11H11ClN4O3S/c12-11-8-13-7-10(15-11)9-2-4-16(14-6-9)3-1-5-20(17,18)19/h2,4,6-8H,1,3,5H2. The Morgan fingerprint density at radius 3 is 2.70 bits per heavy atom. The number of nitrogens with zero attached hydrogens (tertiary/aromatic N) is 4. The predicted molar refractivity (Wildman–Crippen MR) is 69.6 cm³/mol. The summed E-state index contributed by atoms with van der Waals surface area (Å²) in [5.41, 5.74) is 1.34. The number of halogens is 1. The topological polar surface area (TPSA) is 99.8 Å². The summed E-state index contributed by atoms with van der Waals surface area (Å²) < 4.78 is 33.0. The van der Waals surface area contributed by atoms with Crippen molar-refractivity contribution in [2.75, 3.05) is 5.75 Å². The summed E-state index contributed by atoms with van der Waals surface area (Å²) in [5, 5.41) is 4.40. The molecule has 2 aromatic heterocycles. The van der Waals surface area contributed by atoms with Crippen molar-refractivity contribution in [3.63, 3.8) is 0 Å². The Hall–Kier alpha value is -1.64. The van der Waals surface area contributed by atoms with E-state index in [0.717, 1.165) is 5.56 Å². The molecule has 0 radical (unpaired) electrons. The van der Waals surface area contributed by atoms with Crippen LogP contribution < -0.4 is 4.68 Å². The van der Waals surface area contributed by atoms with E-state index in [2.05, 4.69) is 15.1 Å². The Labute approximate surface area is 121 Å². The highest BCUT2D eigenvalue weighted by atomic mass is 35.5. The molecule has 0 saturated heterocycles. The van der Waals surface area contributed by atoms with Crippen molar-refractivity contribution in [1.29, 1.82) is 0 Å². The van der Waals surface area contributed by atoms with E-state index < -0.39 is 15.9 Å². The van der Waals surface area contributed by atoms with E-state index >= 15 is 0 Å². The van der Waals surface area contributed by atoms with E-state index in [1.807, 2.05) is 0 Å². The van der Waals surface area contributed by atoms with Crippen LogP contribution in [0.2, 0.25) is 5.15 Å². The first kappa shape index (κ1) is 14.8. The largest absolute Gasteiger partial charge is 0.748 e. The van der Waals surface area contributed by atoms with Crippen LogP contribution in [0.3, 0.4) is 0 Å². The Balaban J connectivity index is 2.03. The Bertz CT molecular complexity index is 691. The van der Waals surface area contributed by atoms with Crippen molar-refractivity contribution in [1.82, 2.24) is 15.1 Å². The average Bonchev–Trinajstić information content (AvgIpc) is 2.38. The van der Waals surface area contributed by atoms with Crippen molar-refractivity contribution >= 4 is 21.7 Å². The van der Waals surface area contributed by atoms with Crippen molar-refractivity contribution in [2.24, 2.45) is 0 Å². The maximum atomic E-state index is 10.5. The van der Waals surface area contributed by atoms with Crippen LogP contribution in [0.5, 0.6) is 0 Å². The third-order valence-electron chi connectivity index (χ3n) is 2.45.